The van der Waals surface area contributed by atoms with E-state index in [0.717, 1.165) is 50.2 Å². The first-order valence-electron chi connectivity index (χ1n) is 7.21. The number of rotatable bonds is 5. The number of hydrogen-bond acceptors (Lipinski definition) is 0. The normalized spacial score (nSPS) is 23.5. The van der Waals surface area contributed by atoms with Gasteiger partial charge >= 0.3 is 0 Å². The Hall–Kier alpha value is -0.990. The number of hydrogen-bond donors (Lipinski definition) is 0. The van der Waals surface area contributed by atoms with Gasteiger partial charge < -0.3 is 0 Å². The molecule has 0 amide bonds. The molecule has 0 atom stereocenters. The van der Waals surface area contributed by atoms with Crippen LogP contribution in [-0.2, 0) is 0 Å². The molecular formula is C16H21F3. The molecule has 0 radical (unpaired) electrons. The number of benzene rings is 1. The summed E-state index contributed by atoms with van der Waals surface area (Å²) in [5, 5.41) is 0. The SMILES string of the molecule is FCCCCC1CCC(c2cc(F)cc(F)c2)CC1. The van der Waals surface area contributed by atoms with Crippen LogP contribution >= 0.6 is 0 Å². The Balaban J connectivity index is 1.85. The number of halogens is 3. The Morgan fingerprint density at radius 1 is 0.895 bits per heavy atom. The molecule has 0 heterocycles. The van der Waals surface area contributed by atoms with E-state index in [1.54, 1.807) is 0 Å². The molecule has 106 valence electrons. The van der Waals surface area contributed by atoms with Gasteiger partial charge in [0.05, 0.1) is 6.67 Å². The van der Waals surface area contributed by atoms with Gasteiger partial charge in [0, 0.05) is 6.07 Å². The van der Waals surface area contributed by atoms with Crippen LogP contribution in [0.5, 0.6) is 0 Å². The summed E-state index contributed by atoms with van der Waals surface area (Å²) in [6, 6.07) is 3.83. The molecule has 1 fully saturated rings. The molecule has 2 rings (SSSR count). The smallest absolute Gasteiger partial charge is 0.126 e. The van der Waals surface area contributed by atoms with Gasteiger partial charge in [0.15, 0.2) is 0 Å². The van der Waals surface area contributed by atoms with E-state index in [-0.39, 0.29) is 12.6 Å². The van der Waals surface area contributed by atoms with Crippen molar-refractivity contribution in [3.8, 4) is 0 Å². The summed E-state index contributed by atoms with van der Waals surface area (Å²) >= 11 is 0. The second-order valence-electron chi connectivity index (χ2n) is 5.61. The fourth-order valence-electron chi connectivity index (χ4n) is 3.12. The summed E-state index contributed by atoms with van der Waals surface area (Å²) in [5.41, 5.74) is 0.791. The number of alkyl halides is 1. The van der Waals surface area contributed by atoms with E-state index < -0.39 is 11.6 Å². The van der Waals surface area contributed by atoms with Crippen LogP contribution in [0.1, 0.15) is 56.4 Å². The van der Waals surface area contributed by atoms with Crippen molar-refractivity contribution >= 4 is 0 Å². The van der Waals surface area contributed by atoms with Crippen molar-refractivity contribution in [1.82, 2.24) is 0 Å². The molecule has 0 N–H and O–H groups in total. The Morgan fingerprint density at radius 3 is 2.11 bits per heavy atom. The van der Waals surface area contributed by atoms with E-state index in [1.807, 2.05) is 0 Å². The zero-order valence-electron chi connectivity index (χ0n) is 11.2. The Morgan fingerprint density at radius 2 is 1.53 bits per heavy atom. The van der Waals surface area contributed by atoms with Gasteiger partial charge in [0.25, 0.3) is 0 Å². The van der Waals surface area contributed by atoms with Crippen molar-refractivity contribution in [3.63, 3.8) is 0 Å². The molecule has 0 nitrogen and oxygen atoms in total. The van der Waals surface area contributed by atoms with E-state index in [0.29, 0.717) is 12.3 Å². The molecular weight excluding hydrogens is 249 g/mol. The second kappa shape index (κ2) is 6.97. The van der Waals surface area contributed by atoms with Crippen molar-refractivity contribution in [2.45, 2.75) is 50.9 Å². The van der Waals surface area contributed by atoms with E-state index in [4.69, 9.17) is 0 Å². The third-order valence-corrected chi connectivity index (χ3v) is 4.20. The first-order chi connectivity index (χ1) is 9.19. The van der Waals surface area contributed by atoms with E-state index in [2.05, 4.69) is 0 Å². The monoisotopic (exact) mass is 270 g/mol. The average Bonchev–Trinajstić information content (AvgIpc) is 2.39. The summed E-state index contributed by atoms with van der Waals surface area (Å²) in [5.74, 6) is -0.0241. The first kappa shape index (κ1) is 14.4. The Bertz CT molecular complexity index is 375. The van der Waals surface area contributed by atoms with Crippen LogP contribution in [0.3, 0.4) is 0 Å². The molecule has 0 bridgehead atoms. The lowest BCUT2D eigenvalue weighted by Crippen LogP contribution is -2.13. The van der Waals surface area contributed by atoms with Gasteiger partial charge in [0.1, 0.15) is 11.6 Å². The van der Waals surface area contributed by atoms with Crippen LogP contribution in [-0.4, -0.2) is 6.67 Å². The minimum absolute atomic E-state index is 0.224. The predicted octanol–water partition coefficient (Wildman–Crippen LogP) is 5.38. The Labute approximate surface area is 113 Å². The maximum absolute atomic E-state index is 13.2. The zero-order valence-corrected chi connectivity index (χ0v) is 11.2. The van der Waals surface area contributed by atoms with Gasteiger partial charge in [-0.25, -0.2) is 8.78 Å². The molecule has 0 unspecified atom stereocenters. The molecule has 0 aliphatic heterocycles. The Kier molecular flexibility index (Phi) is 5.29. The van der Waals surface area contributed by atoms with E-state index in [9.17, 15) is 13.2 Å². The van der Waals surface area contributed by atoms with Gasteiger partial charge in [-0.2, -0.15) is 0 Å². The largest absolute Gasteiger partial charge is 0.251 e. The topological polar surface area (TPSA) is 0 Å². The third-order valence-electron chi connectivity index (χ3n) is 4.20. The van der Waals surface area contributed by atoms with Crippen molar-refractivity contribution in [2.75, 3.05) is 6.67 Å². The minimum Gasteiger partial charge on any atom is -0.251 e. The highest BCUT2D eigenvalue weighted by atomic mass is 19.1. The summed E-state index contributed by atoms with van der Waals surface area (Å²) in [4.78, 5) is 0. The lowest BCUT2D eigenvalue weighted by molar-refractivity contribution is 0.297. The lowest BCUT2D eigenvalue weighted by atomic mass is 9.77. The van der Waals surface area contributed by atoms with E-state index >= 15 is 0 Å². The standard InChI is InChI=1S/C16H21F3/c17-8-2-1-3-12-4-6-13(7-5-12)14-9-15(18)11-16(19)10-14/h9-13H,1-8H2. The summed E-state index contributed by atoms with van der Waals surface area (Å²) in [6.45, 7) is -0.224. The van der Waals surface area contributed by atoms with Crippen molar-refractivity contribution in [2.24, 2.45) is 5.92 Å². The lowest BCUT2D eigenvalue weighted by Gasteiger charge is -2.28. The molecule has 3 heteroatoms. The van der Waals surface area contributed by atoms with Crippen LogP contribution < -0.4 is 0 Å². The predicted molar refractivity (Wildman–Crippen MR) is 70.9 cm³/mol. The van der Waals surface area contributed by atoms with Crippen molar-refractivity contribution in [1.29, 1.82) is 0 Å². The maximum atomic E-state index is 13.2. The quantitative estimate of drug-likeness (QED) is 0.630. The van der Waals surface area contributed by atoms with Crippen LogP contribution in [0.4, 0.5) is 13.2 Å². The van der Waals surface area contributed by atoms with E-state index in [1.165, 1.54) is 12.1 Å². The molecule has 19 heavy (non-hydrogen) atoms. The van der Waals surface area contributed by atoms with Crippen LogP contribution in [0.2, 0.25) is 0 Å². The highest BCUT2D eigenvalue weighted by molar-refractivity contribution is 5.22. The van der Waals surface area contributed by atoms with Gasteiger partial charge in [-0.3, -0.25) is 4.39 Å². The van der Waals surface area contributed by atoms with Gasteiger partial charge in [0.2, 0.25) is 0 Å². The van der Waals surface area contributed by atoms with Crippen molar-refractivity contribution < 1.29 is 13.2 Å². The van der Waals surface area contributed by atoms with Gasteiger partial charge in [-0.15, -0.1) is 0 Å². The fourth-order valence-corrected chi connectivity index (χ4v) is 3.12. The van der Waals surface area contributed by atoms with Crippen LogP contribution in [0.15, 0.2) is 18.2 Å². The summed E-state index contributed by atoms with van der Waals surface area (Å²) in [7, 11) is 0. The molecule has 1 aromatic carbocycles. The van der Waals surface area contributed by atoms with Gasteiger partial charge in [-0.1, -0.05) is 12.8 Å². The maximum Gasteiger partial charge on any atom is 0.126 e. The summed E-state index contributed by atoms with van der Waals surface area (Å²) < 4.78 is 38.4. The van der Waals surface area contributed by atoms with Crippen LogP contribution in [0.25, 0.3) is 0 Å². The molecule has 0 aromatic heterocycles. The highest BCUT2D eigenvalue weighted by Gasteiger charge is 2.22. The second-order valence-corrected chi connectivity index (χ2v) is 5.61. The average molecular weight is 270 g/mol. The highest BCUT2D eigenvalue weighted by Crippen LogP contribution is 2.38. The molecule has 1 aliphatic carbocycles. The fraction of sp³-hybridized carbons (Fsp3) is 0.625. The number of unbranched alkanes of at least 4 members (excludes halogenated alkanes) is 1. The molecule has 1 aromatic rings. The van der Waals surface area contributed by atoms with Crippen LogP contribution in [0, 0.1) is 17.6 Å². The van der Waals surface area contributed by atoms with Crippen molar-refractivity contribution in [3.05, 3.63) is 35.4 Å². The molecule has 0 saturated heterocycles. The summed E-state index contributed by atoms with van der Waals surface area (Å²) in [6.07, 6.45) is 6.88. The van der Waals surface area contributed by atoms with Gasteiger partial charge in [-0.05, 0) is 61.6 Å². The minimum atomic E-state index is -0.486. The molecule has 0 spiro atoms. The molecule has 1 saturated carbocycles. The zero-order chi connectivity index (χ0) is 13.7. The molecule has 1 aliphatic rings. The first-order valence-corrected chi connectivity index (χ1v) is 7.21. The third kappa shape index (κ3) is 4.26.